The summed E-state index contributed by atoms with van der Waals surface area (Å²) < 4.78 is 5.01. The van der Waals surface area contributed by atoms with Gasteiger partial charge >= 0.3 is 5.97 Å². The highest BCUT2D eigenvalue weighted by molar-refractivity contribution is 5.92. The normalized spacial score (nSPS) is 12.7. The quantitative estimate of drug-likeness (QED) is 0.0515. The van der Waals surface area contributed by atoms with Gasteiger partial charge in [0.05, 0.1) is 5.84 Å². The molecule has 0 atom stereocenters. The number of ether oxygens (including phenoxy) is 1. The van der Waals surface area contributed by atoms with Crippen molar-refractivity contribution in [1.29, 1.82) is 0 Å². The van der Waals surface area contributed by atoms with Crippen molar-refractivity contribution >= 4 is 23.7 Å². The van der Waals surface area contributed by atoms with E-state index >= 15 is 0 Å². The summed E-state index contributed by atoms with van der Waals surface area (Å²) in [4.78, 5) is 23.4. The molecule has 0 aromatic heterocycles. The number of allylic oxidation sites excluding steroid dienone is 4. The molecule has 0 bridgehead atoms. The minimum atomic E-state index is -0.393. The highest BCUT2D eigenvalue weighted by atomic mass is 16.7. The number of carbonyl (C=O) groups is 1. The second-order valence-electron chi connectivity index (χ2n) is 7.88. The Labute approximate surface area is 214 Å². The third-order valence-corrected chi connectivity index (χ3v) is 5.06. The lowest BCUT2D eigenvalue weighted by atomic mass is 10.1. The van der Waals surface area contributed by atoms with Crippen LogP contribution < -0.4 is 23.0 Å². The molecule has 0 heterocycles. The molecule has 36 heavy (non-hydrogen) atoms. The minimum absolute atomic E-state index is 0.108. The van der Waals surface area contributed by atoms with Gasteiger partial charge in [0.2, 0.25) is 6.79 Å². The number of nitrogens with two attached hydrogens (primary N) is 3. The Kier molecular flexibility index (Phi) is 16.8. The average molecular weight is 500 g/mol. The number of hydrogen-bond acceptors (Lipinski definition) is 8. The van der Waals surface area contributed by atoms with E-state index in [0.717, 1.165) is 50.0 Å². The maximum absolute atomic E-state index is 12.3. The third-order valence-electron chi connectivity index (χ3n) is 5.06. The van der Waals surface area contributed by atoms with Gasteiger partial charge in [0.15, 0.2) is 5.84 Å². The summed E-state index contributed by atoms with van der Waals surface area (Å²) in [5, 5.41) is 3.47. The number of amidine groups is 2. The number of hydrazone groups is 1. The minimum Gasteiger partial charge on any atom is -0.435 e. The number of aliphatic imine (C=N–C) groups is 1. The second-order valence-corrected chi connectivity index (χ2v) is 7.88. The van der Waals surface area contributed by atoms with Crippen LogP contribution in [0.2, 0.25) is 0 Å². The zero-order valence-corrected chi connectivity index (χ0v) is 21.4. The lowest BCUT2D eigenvalue weighted by molar-refractivity contribution is -0.157. The fourth-order valence-electron chi connectivity index (χ4n) is 3.14. The van der Waals surface area contributed by atoms with Crippen LogP contribution in [-0.2, 0) is 20.8 Å². The predicted molar refractivity (Wildman–Crippen MR) is 146 cm³/mol. The van der Waals surface area contributed by atoms with Crippen molar-refractivity contribution in [2.24, 2.45) is 27.7 Å². The zero-order chi connectivity index (χ0) is 26.4. The summed E-state index contributed by atoms with van der Waals surface area (Å²) in [5.74, 6) is 16.3. The molecule has 0 saturated carbocycles. The van der Waals surface area contributed by atoms with Crippen molar-refractivity contribution in [3.8, 4) is 0 Å². The summed E-state index contributed by atoms with van der Waals surface area (Å²) >= 11 is 0. The van der Waals surface area contributed by atoms with Gasteiger partial charge in [0, 0.05) is 19.5 Å². The SMILES string of the molecule is CCCCC(=NCCC)N(CCc1ccc(/C=C/C=C\C=C\C(=N\N)NN)cc1)CC(=O)OCON. The molecule has 0 radical (unpaired) electrons. The summed E-state index contributed by atoms with van der Waals surface area (Å²) in [6.45, 7) is 5.46. The first-order valence-corrected chi connectivity index (χ1v) is 12.2. The molecule has 0 spiro atoms. The van der Waals surface area contributed by atoms with Crippen LogP contribution in [0, 0.1) is 0 Å². The lowest BCUT2D eigenvalue weighted by Gasteiger charge is -2.26. The summed E-state index contributed by atoms with van der Waals surface area (Å²) in [6.07, 6.45) is 15.7. The van der Waals surface area contributed by atoms with Gasteiger partial charge in [-0.15, -0.1) is 0 Å². The largest absolute Gasteiger partial charge is 0.435 e. The first kappa shape index (κ1) is 30.6. The van der Waals surface area contributed by atoms with E-state index in [1.54, 1.807) is 12.2 Å². The Morgan fingerprint density at radius 3 is 2.50 bits per heavy atom. The molecule has 0 aliphatic heterocycles. The Bertz CT molecular complexity index is 893. The van der Waals surface area contributed by atoms with Crippen LogP contribution in [0.4, 0.5) is 0 Å². The van der Waals surface area contributed by atoms with E-state index in [1.165, 1.54) is 5.56 Å². The van der Waals surface area contributed by atoms with Crippen LogP contribution in [0.5, 0.6) is 0 Å². The number of nitrogens with zero attached hydrogens (tertiary/aromatic N) is 3. The van der Waals surface area contributed by atoms with Gasteiger partial charge in [0.1, 0.15) is 6.54 Å². The standard InChI is InChI=1S/C26H41N7O3/c1-3-5-12-25(30-18-4-2)33(20-26(34)35-21-36-29)19-17-23-15-13-22(14-16-23)10-8-6-7-9-11-24(31-27)32-28/h6-11,13-16H,3-5,12,17-21,27-29H2,1-2H3,(H,31,32)/b7-6-,10-8+,11-9+,30-25?. The van der Waals surface area contributed by atoms with Gasteiger partial charge in [-0.3, -0.25) is 14.6 Å². The average Bonchev–Trinajstić information content (AvgIpc) is 2.90. The Hall–Kier alpha value is -3.47. The molecule has 0 amide bonds. The maximum Gasteiger partial charge on any atom is 0.327 e. The van der Waals surface area contributed by atoms with Crippen LogP contribution in [0.3, 0.4) is 0 Å². The molecule has 0 unspecified atom stereocenters. The van der Waals surface area contributed by atoms with Gasteiger partial charge in [-0.2, -0.15) is 5.10 Å². The van der Waals surface area contributed by atoms with Crippen molar-refractivity contribution in [2.75, 3.05) is 26.4 Å². The highest BCUT2D eigenvalue weighted by Crippen LogP contribution is 2.10. The smallest absolute Gasteiger partial charge is 0.327 e. The van der Waals surface area contributed by atoms with Crippen LogP contribution in [0.1, 0.15) is 50.7 Å². The number of rotatable bonds is 16. The molecule has 0 aliphatic carbocycles. The Morgan fingerprint density at radius 2 is 1.86 bits per heavy atom. The van der Waals surface area contributed by atoms with E-state index in [-0.39, 0.29) is 13.3 Å². The summed E-state index contributed by atoms with van der Waals surface area (Å²) in [5.41, 5.74) is 4.62. The van der Waals surface area contributed by atoms with Gasteiger partial charge < -0.3 is 20.9 Å². The van der Waals surface area contributed by atoms with Crippen LogP contribution >= 0.6 is 0 Å². The third kappa shape index (κ3) is 13.4. The molecular formula is C26H41N7O3. The van der Waals surface area contributed by atoms with Gasteiger partial charge in [-0.25, -0.2) is 11.7 Å². The Morgan fingerprint density at radius 1 is 1.11 bits per heavy atom. The second kappa shape index (κ2) is 19.8. The van der Waals surface area contributed by atoms with Crippen molar-refractivity contribution in [2.45, 2.75) is 46.0 Å². The van der Waals surface area contributed by atoms with E-state index in [0.29, 0.717) is 12.4 Å². The van der Waals surface area contributed by atoms with E-state index in [1.807, 2.05) is 29.2 Å². The van der Waals surface area contributed by atoms with Crippen molar-refractivity contribution < 1.29 is 14.4 Å². The lowest BCUT2D eigenvalue weighted by Crippen LogP contribution is -2.38. The predicted octanol–water partition coefficient (Wildman–Crippen LogP) is 2.78. The summed E-state index contributed by atoms with van der Waals surface area (Å²) in [7, 11) is 0. The number of benzene rings is 1. The van der Waals surface area contributed by atoms with Crippen molar-refractivity contribution in [3.05, 3.63) is 65.8 Å². The summed E-state index contributed by atoms with van der Waals surface area (Å²) in [6, 6.07) is 8.31. The molecule has 7 N–H and O–H groups in total. The highest BCUT2D eigenvalue weighted by Gasteiger charge is 2.16. The number of nitrogens with one attached hydrogen (secondary N) is 1. The van der Waals surface area contributed by atoms with Crippen LogP contribution in [-0.4, -0.2) is 49.0 Å². The van der Waals surface area contributed by atoms with Crippen LogP contribution in [0.25, 0.3) is 6.08 Å². The van der Waals surface area contributed by atoms with E-state index in [4.69, 9.17) is 27.3 Å². The topological polar surface area (TPSA) is 154 Å². The monoisotopic (exact) mass is 499 g/mol. The fraction of sp³-hybridized carbons (Fsp3) is 0.423. The Balaban J connectivity index is 2.79. The first-order chi connectivity index (χ1) is 17.6. The molecule has 198 valence electrons. The molecule has 1 aromatic rings. The molecule has 0 aliphatic rings. The van der Waals surface area contributed by atoms with Crippen molar-refractivity contribution in [1.82, 2.24) is 10.3 Å². The first-order valence-electron chi connectivity index (χ1n) is 12.2. The van der Waals surface area contributed by atoms with Gasteiger partial charge in [-0.1, -0.05) is 74.9 Å². The fourth-order valence-corrected chi connectivity index (χ4v) is 3.14. The molecular weight excluding hydrogens is 458 g/mol. The molecule has 0 saturated heterocycles. The van der Waals surface area contributed by atoms with Gasteiger partial charge in [-0.05, 0) is 36.5 Å². The van der Waals surface area contributed by atoms with Crippen LogP contribution in [0.15, 0.2) is 64.7 Å². The number of hydrogen-bond donors (Lipinski definition) is 4. The molecule has 10 heteroatoms. The van der Waals surface area contributed by atoms with E-state index in [2.05, 4.69) is 53.5 Å². The van der Waals surface area contributed by atoms with Crippen molar-refractivity contribution in [3.63, 3.8) is 0 Å². The number of hydrazine groups is 1. The van der Waals surface area contributed by atoms with E-state index < -0.39 is 5.97 Å². The molecule has 0 fully saturated rings. The maximum atomic E-state index is 12.3. The van der Waals surface area contributed by atoms with Gasteiger partial charge in [0.25, 0.3) is 0 Å². The molecule has 1 aromatic carbocycles. The zero-order valence-electron chi connectivity index (χ0n) is 21.4. The molecule has 10 nitrogen and oxygen atoms in total. The number of carbonyl (C=O) groups excluding carboxylic acids is 1. The number of unbranched alkanes of at least 4 members (excludes halogenated alkanes) is 1. The number of esters is 1. The van der Waals surface area contributed by atoms with E-state index in [9.17, 15) is 4.79 Å². The molecule has 1 rings (SSSR count).